The van der Waals surface area contributed by atoms with Crippen LogP contribution in [0.4, 0.5) is 0 Å². The van der Waals surface area contributed by atoms with Crippen LogP contribution in [0, 0.1) is 50.6 Å². The molecule has 0 unspecified atom stereocenters. The van der Waals surface area contributed by atoms with Crippen molar-refractivity contribution in [2.24, 2.45) is 0 Å². The van der Waals surface area contributed by atoms with E-state index in [1.165, 1.54) is 0 Å². The van der Waals surface area contributed by atoms with Gasteiger partial charge < -0.3 is 50.6 Å². The largest absolute Gasteiger partial charge is 0.360 e. The topological polar surface area (TPSA) is 247 Å². The van der Waals surface area contributed by atoms with Crippen molar-refractivity contribution in [1.82, 2.24) is 24.5 Å². The van der Waals surface area contributed by atoms with Gasteiger partial charge in [0.15, 0.2) is 0 Å². The van der Waals surface area contributed by atoms with Gasteiger partial charge in [-0.3, -0.25) is 0 Å². The molecule has 1 aromatic rings. The van der Waals surface area contributed by atoms with Crippen molar-refractivity contribution in [2.75, 3.05) is 16.9 Å². The third kappa shape index (κ3) is 1.89. The van der Waals surface area contributed by atoms with Gasteiger partial charge in [0, 0.05) is 10.2 Å². The van der Waals surface area contributed by atoms with E-state index in [1.54, 1.807) is 0 Å². The second-order valence-electron chi connectivity index (χ2n) is 3.42. The SMILES string of the molecule is O=[N+]([O-])N1CN([N+](=O)[O-])n2n1n([N+](=O)[O-])n([N+](=O)[O-])n2[N+](=O)[O-]. The highest BCUT2D eigenvalue weighted by molar-refractivity contribution is 4.81. The van der Waals surface area contributed by atoms with Crippen molar-refractivity contribution >= 4 is 0 Å². The molecule has 0 spiro atoms. The fraction of sp³-hybridized carbons (Fsp3) is 1.00. The number of hydrazine groups is 2. The highest BCUT2D eigenvalue weighted by Crippen LogP contribution is 2.09. The zero-order valence-electron chi connectivity index (χ0n) is 10.2. The third-order valence-electron chi connectivity index (χ3n) is 2.28. The van der Waals surface area contributed by atoms with Crippen molar-refractivity contribution in [2.45, 2.75) is 0 Å². The van der Waals surface area contributed by atoms with Gasteiger partial charge in [0.25, 0.3) is 21.4 Å². The Morgan fingerprint density at radius 1 is 0.522 bits per heavy atom. The summed E-state index contributed by atoms with van der Waals surface area (Å²) >= 11 is 0. The number of hydrogen-bond acceptors (Lipinski definition) is 10. The highest BCUT2D eigenvalue weighted by Gasteiger charge is 2.57. The maximum Gasteiger partial charge on any atom is 0.285 e. The molecular formula is CH2N12O10. The highest BCUT2D eigenvalue weighted by atomic mass is 16.8. The van der Waals surface area contributed by atoms with Gasteiger partial charge in [0.2, 0.25) is 9.81 Å². The standard InChI is InChI=1S/CH2N12O10/c14-9(15)2-1-3(10(16)17)5-4(2)6(11(18)19)8(13(22)23)7(5)12(20)21/h1H2. The molecule has 22 heteroatoms. The van der Waals surface area contributed by atoms with E-state index in [9.17, 15) is 50.6 Å². The number of hydrogen-bond donors (Lipinski definition) is 0. The van der Waals surface area contributed by atoms with Gasteiger partial charge in [-0.25, -0.2) is 0 Å². The Kier molecular flexibility index (Phi) is 2.98. The second kappa shape index (κ2) is 4.56. The summed E-state index contributed by atoms with van der Waals surface area (Å²) in [6, 6.07) is 0. The van der Waals surface area contributed by atoms with Crippen LogP contribution in [0.5, 0.6) is 0 Å². The Hall–Kier alpha value is -4.40. The van der Waals surface area contributed by atoms with Crippen LogP contribution in [-0.2, 0) is 0 Å². The van der Waals surface area contributed by atoms with Crippen molar-refractivity contribution < 1.29 is 25.2 Å². The summed E-state index contributed by atoms with van der Waals surface area (Å²) in [4.78, 5) is 51.0. The van der Waals surface area contributed by atoms with Crippen LogP contribution < -0.4 is 10.2 Å². The van der Waals surface area contributed by atoms with Crippen LogP contribution in [-0.4, -0.2) is 56.4 Å². The summed E-state index contributed by atoms with van der Waals surface area (Å²) in [5.74, 6) is 0. The monoisotopic (exact) mass is 342 g/mol. The predicted octanol–water partition coefficient (Wildman–Crippen LogP) is -3.83. The Balaban J connectivity index is 2.99. The molecule has 0 aromatic carbocycles. The molecule has 0 atom stereocenters. The van der Waals surface area contributed by atoms with Crippen molar-refractivity contribution in [1.29, 1.82) is 0 Å². The molecule has 0 fully saturated rings. The fourth-order valence-electron chi connectivity index (χ4n) is 1.58. The van der Waals surface area contributed by atoms with Crippen LogP contribution in [0.25, 0.3) is 0 Å². The first-order valence-corrected chi connectivity index (χ1v) is 4.86. The minimum Gasteiger partial charge on any atom is -0.360 e. The zero-order valence-corrected chi connectivity index (χ0v) is 10.2. The predicted molar refractivity (Wildman–Crippen MR) is 56.5 cm³/mol. The molecule has 2 rings (SSSR count). The molecule has 0 N–H and O–H groups in total. The molecule has 0 amide bonds. The van der Waals surface area contributed by atoms with Gasteiger partial charge >= 0.3 is 0 Å². The number of aromatic nitrogens is 5. The fourth-order valence-corrected chi connectivity index (χ4v) is 1.58. The zero-order chi connectivity index (χ0) is 17.6. The summed E-state index contributed by atoms with van der Waals surface area (Å²) in [5.41, 5.74) is 0. The first-order chi connectivity index (χ1) is 10.6. The van der Waals surface area contributed by atoms with E-state index in [0.717, 1.165) is 0 Å². The third-order valence-corrected chi connectivity index (χ3v) is 2.28. The molecule has 0 saturated carbocycles. The lowest BCUT2D eigenvalue weighted by Gasteiger charge is -2.07. The van der Waals surface area contributed by atoms with Crippen LogP contribution >= 0.6 is 0 Å². The first kappa shape index (κ1) is 15.0. The lowest BCUT2D eigenvalue weighted by molar-refractivity contribution is -0.714. The smallest absolute Gasteiger partial charge is 0.285 e. The average molecular weight is 342 g/mol. The Labute approximate surface area is 118 Å². The molecular weight excluding hydrogens is 340 g/mol. The number of fused-ring (bicyclic) bond motifs is 1. The lowest BCUT2D eigenvalue weighted by Crippen LogP contribution is -2.48. The molecule has 1 aliphatic heterocycles. The molecule has 1 aromatic heterocycles. The number of rotatable bonds is 5. The van der Waals surface area contributed by atoms with Crippen LogP contribution in [0.15, 0.2) is 0 Å². The van der Waals surface area contributed by atoms with Gasteiger partial charge in [0.05, 0.1) is 20.1 Å². The normalized spacial score (nSPS) is 12.9. The van der Waals surface area contributed by atoms with Crippen molar-refractivity contribution in [3.05, 3.63) is 50.6 Å². The molecule has 126 valence electrons. The lowest BCUT2D eigenvalue weighted by atomic mass is 11.1. The summed E-state index contributed by atoms with van der Waals surface area (Å²) in [5, 5.41) is 45.8. The minimum atomic E-state index is -1.69. The van der Waals surface area contributed by atoms with Gasteiger partial charge in [0.1, 0.15) is 5.03 Å². The second-order valence-corrected chi connectivity index (χ2v) is 3.42. The van der Waals surface area contributed by atoms with Gasteiger partial charge in [-0.2, -0.15) is 0 Å². The van der Waals surface area contributed by atoms with E-state index < -0.39 is 56.4 Å². The van der Waals surface area contributed by atoms with Gasteiger partial charge in [-0.1, -0.05) is 0 Å². The first-order valence-electron chi connectivity index (χ1n) is 4.86. The Morgan fingerprint density at radius 2 is 0.826 bits per heavy atom. The van der Waals surface area contributed by atoms with Crippen LogP contribution in [0.2, 0.25) is 0 Å². The maximum atomic E-state index is 10.9. The van der Waals surface area contributed by atoms with E-state index in [4.69, 9.17) is 0 Å². The minimum absolute atomic E-state index is 0.342. The van der Waals surface area contributed by atoms with E-state index in [2.05, 4.69) is 0 Å². The summed E-state index contributed by atoms with van der Waals surface area (Å²) < 4.78 is 0. The number of nitro groups is 5. The Morgan fingerprint density at radius 3 is 1.04 bits per heavy atom. The van der Waals surface area contributed by atoms with Crippen molar-refractivity contribution in [3.63, 3.8) is 0 Å². The average Bonchev–Trinajstić information content (AvgIpc) is 2.91. The molecule has 0 bridgehead atoms. The molecule has 0 aliphatic carbocycles. The van der Waals surface area contributed by atoms with Gasteiger partial charge in [-0.05, 0) is 0 Å². The molecule has 0 radical (unpaired) electrons. The van der Waals surface area contributed by atoms with Crippen LogP contribution in [0.3, 0.4) is 0 Å². The summed E-state index contributed by atoms with van der Waals surface area (Å²) in [7, 11) is 0. The molecule has 1 aliphatic rings. The van der Waals surface area contributed by atoms with E-state index in [-0.39, 0.29) is 10.2 Å². The Bertz CT molecular complexity index is 718. The summed E-state index contributed by atoms with van der Waals surface area (Å²) in [6.45, 7) is -1.32. The molecule has 0 saturated heterocycles. The quantitative estimate of drug-likeness (QED) is 0.368. The van der Waals surface area contributed by atoms with Gasteiger partial charge in [-0.15, -0.1) is 0 Å². The van der Waals surface area contributed by atoms with E-state index >= 15 is 0 Å². The molecule has 2 heterocycles. The maximum absolute atomic E-state index is 10.9. The summed E-state index contributed by atoms with van der Waals surface area (Å²) in [6.07, 6.45) is 0. The van der Waals surface area contributed by atoms with Crippen molar-refractivity contribution in [3.8, 4) is 0 Å². The van der Waals surface area contributed by atoms with E-state index in [1.807, 2.05) is 0 Å². The molecule has 23 heavy (non-hydrogen) atoms. The van der Waals surface area contributed by atoms with E-state index in [0.29, 0.717) is 0 Å². The number of nitrogens with zero attached hydrogens (tertiary/aromatic N) is 12. The van der Waals surface area contributed by atoms with Crippen LogP contribution in [0.1, 0.15) is 0 Å². The molecule has 22 nitrogen and oxygen atoms in total.